The van der Waals surface area contributed by atoms with Gasteiger partial charge in [-0.25, -0.2) is 4.39 Å². The first-order valence-corrected chi connectivity index (χ1v) is 8.18. The molecule has 0 saturated carbocycles. The zero-order chi connectivity index (χ0) is 18.2. The Kier molecular flexibility index (Phi) is 6.89. The monoisotopic (exact) mass is 367 g/mol. The van der Waals surface area contributed by atoms with Crippen LogP contribution in [0.5, 0.6) is 17.2 Å². The molecule has 0 aromatic heterocycles. The van der Waals surface area contributed by atoms with Gasteiger partial charge in [-0.3, -0.25) is 4.79 Å². The van der Waals surface area contributed by atoms with Gasteiger partial charge >= 0.3 is 0 Å². The molecule has 0 fully saturated rings. The number of hydrogen-bond acceptors (Lipinski definition) is 4. The Morgan fingerprint density at radius 3 is 2.36 bits per heavy atom. The molecule has 2 rings (SSSR count). The third-order valence-electron chi connectivity index (χ3n) is 3.08. The predicted octanol–water partition coefficient (Wildman–Crippen LogP) is 4.29. The van der Waals surface area contributed by atoms with Crippen molar-refractivity contribution in [3.05, 3.63) is 47.2 Å². The van der Waals surface area contributed by atoms with E-state index in [2.05, 4.69) is 5.32 Å². The number of carbonyl (C=O) groups excluding carboxylic acids is 1. The van der Waals surface area contributed by atoms with Gasteiger partial charge in [0.1, 0.15) is 11.6 Å². The minimum atomic E-state index is -0.473. The number of rotatable bonds is 8. The van der Waals surface area contributed by atoms with Crippen molar-refractivity contribution >= 4 is 23.2 Å². The zero-order valence-electron chi connectivity index (χ0n) is 14.0. The highest BCUT2D eigenvalue weighted by molar-refractivity contribution is 6.32. The first kappa shape index (κ1) is 18.9. The lowest BCUT2D eigenvalue weighted by atomic mass is 10.2. The molecule has 7 heteroatoms. The fraction of sp³-hybridized carbons (Fsp3) is 0.278. The van der Waals surface area contributed by atoms with Crippen molar-refractivity contribution < 1.29 is 23.4 Å². The van der Waals surface area contributed by atoms with Crippen LogP contribution in [0.4, 0.5) is 10.1 Å². The molecule has 0 radical (unpaired) electrons. The Labute approximate surface area is 150 Å². The number of halogens is 2. The van der Waals surface area contributed by atoms with Crippen molar-refractivity contribution in [2.45, 2.75) is 13.8 Å². The molecule has 134 valence electrons. The van der Waals surface area contributed by atoms with Crippen molar-refractivity contribution in [3.63, 3.8) is 0 Å². The quantitative estimate of drug-likeness (QED) is 0.756. The van der Waals surface area contributed by atoms with Gasteiger partial charge in [0.15, 0.2) is 18.1 Å². The molecule has 1 amide bonds. The largest absolute Gasteiger partial charge is 0.490 e. The second-order valence-corrected chi connectivity index (χ2v) is 5.35. The normalized spacial score (nSPS) is 10.2. The maximum absolute atomic E-state index is 13.0. The van der Waals surface area contributed by atoms with Crippen LogP contribution in [0, 0.1) is 5.82 Å². The van der Waals surface area contributed by atoms with Crippen molar-refractivity contribution in [3.8, 4) is 17.2 Å². The lowest BCUT2D eigenvalue weighted by molar-refractivity contribution is -0.118. The number of anilines is 1. The molecule has 0 heterocycles. The minimum absolute atomic E-state index is 0.104. The number of benzene rings is 2. The lowest BCUT2D eigenvalue weighted by Crippen LogP contribution is -2.20. The minimum Gasteiger partial charge on any atom is -0.490 e. The Hall–Kier alpha value is -2.47. The second kappa shape index (κ2) is 9.13. The maximum atomic E-state index is 13.0. The molecule has 5 nitrogen and oxygen atoms in total. The van der Waals surface area contributed by atoms with E-state index in [1.807, 2.05) is 13.8 Å². The summed E-state index contributed by atoms with van der Waals surface area (Å²) in [6, 6.07) is 8.81. The second-order valence-electron chi connectivity index (χ2n) is 4.94. The van der Waals surface area contributed by atoms with Crippen LogP contribution in [-0.4, -0.2) is 25.7 Å². The number of nitrogens with one attached hydrogen (secondary N) is 1. The number of ether oxygens (including phenoxy) is 3. The average molecular weight is 368 g/mol. The molecular formula is C18H19ClFNO4. The molecule has 1 N–H and O–H groups in total. The molecule has 0 aliphatic heterocycles. The molecule has 0 aliphatic rings. The van der Waals surface area contributed by atoms with Crippen molar-refractivity contribution in [1.29, 1.82) is 0 Å². The summed E-state index contributed by atoms with van der Waals surface area (Å²) in [5, 5.41) is 2.80. The van der Waals surface area contributed by atoms with Gasteiger partial charge in [-0.1, -0.05) is 11.6 Å². The van der Waals surface area contributed by atoms with Gasteiger partial charge in [0.2, 0.25) is 0 Å². The van der Waals surface area contributed by atoms with Gasteiger partial charge in [-0.15, -0.1) is 0 Å². The summed E-state index contributed by atoms with van der Waals surface area (Å²) in [5.74, 6) is 0.535. The Morgan fingerprint density at radius 1 is 1.00 bits per heavy atom. The van der Waals surface area contributed by atoms with Crippen molar-refractivity contribution in [1.82, 2.24) is 0 Å². The lowest BCUT2D eigenvalue weighted by Gasteiger charge is -2.13. The van der Waals surface area contributed by atoms with Crippen LogP contribution in [-0.2, 0) is 4.79 Å². The topological polar surface area (TPSA) is 56.8 Å². The summed E-state index contributed by atoms with van der Waals surface area (Å²) in [7, 11) is 0. The van der Waals surface area contributed by atoms with Crippen LogP contribution in [0.3, 0.4) is 0 Å². The van der Waals surface area contributed by atoms with Gasteiger partial charge in [0, 0.05) is 11.8 Å². The summed E-state index contributed by atoms with van der Waals surface area (Å²) in [6.07, 6.45) is 0. The Morgan fingerprint density at radius 2 is 1.68 bits per heavy atom. The molecule has 0 atom stereocenters. The third-order valence-corrected chi connectivity index (χ3v) is 3.38. The predicted molar refractivity (Wildman–Crippen MR) is 94.3 cm³/mol. The highest BCUT2D eigenvalue weighted by Crippen LogP contribution is 2.30. The van der Waals surface area contributed by atoms with Crippen LogP contribution in [0.15, 0.2) is 36.4 Å². The van der Waals surface area contributed by atoms with Crippen LogP contribution in [0.2, 0.25) is 5.02 Å². The van der Waals surface area contributed by atoms with Gasteiger partial charge < -0.3 is 19.5 Å². The molecule has 2 aromatic rings. The summed E-state index contributed by atoms with van der Waals surface area (Å²) in [5.41, 5.74) is 0.547. The summed E-state index contributed by atoms with van der Waals surface area (Å²) in [6.45, 7) is 4.47. The van der Waals surface area contributed by atoms with Gasteiger partial charge in [-0.2, -0.15) is 0 Å². The molecule has 0 saturated heterocycles. The van der Waals surface area contributed by atoms with E-state index in [0.29, 0.717) is 30.4 Å². The molecule has 0 spiro atoms. The number of hydrogen-bond donors (Lipinski definition) is 1. The third kappa shape index (κ3) is 5.53. The fourth-order valence-corrected chi connectivity index (χ4v) is 2.28. The van der Waals surface area contributed by atoms with Crippen LogP contribution in [0.1, 0.15) is 13.8 Å². The van der Waals surface area contributed by atoms with Crippen molar-refractivity contribution in [2.24, 2.45) is 0 Å². The first-order valence-electron chi connectivity index (χ1n) is 7.80. The van der Waals surface area contributed by atoms with Gasteiger partial charge in [0.05, 0.1) is 18.2 Å². The van der Waals surface area contributed by atoms with Gasteiger partial charge in [-0.05, 0) is 44.2 Å². The van der Waals surface area contributed by atoms with Crippen molar-refractivity contribution in [2.75, 3.05) is 25.1 Å². The van der Waals surface area contributed by atoms with Crippen LogP contribution in [0.25, 0.3) is 0 Å². The van der Waals surface area contributed by atoms with E-state index in [1.54, 1.807) is 18.2 Å². The average Bonchev–Trinajstić information content (AvgIpc) is 2.57. The SMILES string of the molecule is CCOc1ccc(NC(=O)COc2ccc(F)cc2Cl)cc1OCC. The Balaban J connectivity index is 1.98. The molecular weight excluding hydrogens is 349 g/mol. The Bertz CT molecular complexity index is 739. The van der Waals surface area contributed by atoms with Crippen LogP contribution < -0.4 is 19.5 Å². The van der Waals surface area contributed by atoms with Gasteiger partial charge in [0.25, 0.3) is 5.91 Å². The highest BCUT2D eigenvalue weighted by atomic mass is 35.5. The summed E-state index contributed by atoms with van der Waals surface area (Å²) < 4.78 is 29.3. The first-order chi connectivity index (χ1) is 12.0. The van der Waals surface area contributed by atoms with E-state index in [0.717, 1.165) is 6.07 Å². The van der Waals surface area contributed by atoms with E-state index in [-0.39, 0.29) is 23.3 Å². The molecule has 25 heavy (non-hydrogen) atoms. The fourth-order valence-electron chi connectivity index (χ4n) is 2.06. The van der Waals surface area contributed by atoms with E-state index in [4.69, 9.17) is 25.8 Å². The smallest absolute Gasteiger partial charge is 0.262 e. The molecule has 0 aliphatic carbocycles. The van der Waals surface area contributed by atoms with Crippen LogP contribution >= 0.6 is 11.6 Å². The maximum Gasteiger partial charge on any atom is 0.262 e. The molecule has 0 unspecified atom stereocenters. The van der Waals surface area contributed by atoms with E-state index in [9.17, 15) is 9.18 Å². The highest BCUT2D eigenvalue weighted by Gasteiger charge is 2.10. The number of amides is 1. The number of carbonyl (C=O) groups is 1. The van der Waals surface area contributed by atoms with E-state index >= 15 is 0 Å². The van der Waals surface area contributed by atoms with E-state index < -0.39 is 5.82 Å². The summed E-state index contributed by atoms with van der Waals surface area (Å²) in [4.78, 5) is 12.0. The molecule has 2 aromatic carbocycles. The standard InChI is InChI=1S/C18H19ClFNO4/c1-3-23-16-8-6-13(10-17(16)24-4-2)21-18(22)11-25-15-7-5-12(20)9-14(15)19/h5-10H,3-4,11H2,1-2H3,(H,21,22). The molecule has 0 bridgehead atoms. The zero-order valence-corrected chi connectivity index (χ0v) is 14.7. The van der Waals surface area contributed by atoms with E-state index in [1.165, 1.54) is 12.1 Å². The summed E-state index contributed by atoms with van der Waals surface area (Å²) >= 11 is 5.85.